The van der Waals surface area contributed by atoms with Gasteiger partial charge in [0.05, 0.1) is 5.92 Å². The van der Waals surface area contributed by atoms with Crippen LogP contribution in [0.2, 0.25) is 0 Å². The zero-order valence-electron chi connectivity index (χ0n) is 18.7. The molecule has 0 unspecified atom stereocenters. The lowest BCUT2D eigenvalue weighted by atomic mass is 9.94. The molecule has 0 aromatic carbocycles. The van der Waals surface area contributed by atoms with E-state index in [9.17, 15) is 9.59 Å². The molecule has 0 amide bonds. The van der Waals surface area contributed by atoms with Crippen LogP contribution in [-0.2, 0) is 23.8 Å². The Balaban J connectivity index is 3.05. The summed E-state index contributed by atoms with van der Waals surface area (Å²) in [6, 6.07) is 0. The first-order valence-corrected chi connectivity index (χ1v) is 10.6. The number of hydrogen-bond donors (Lipinski definition) is 0. The van der Waals surface area contributed by atoms with Gasteiger partial charge in [-0.05, 0) is 44.6 Å². The summed E-state index contributed by atoms with van der Waals surface area (Å²) in [4.78, 5) is 25.0. The third-order valence-corrected chi connectivity index (χ3v) is 5.33. The quantitative estimate of drug-likeness (QED) is 0.373. The van der Waals surface area contributed by atoms with E-state index < -0.39 is 6.10 Å². The van der Waals surface area contributed by atoms with Crippen molar-refractivity contribution in [2.45, 2.75) is 72.0 Å². The van der Waals surface area contributed by atoms with E-state index >= 15 is 0 Å². The summed E-state index contributed by atoms with van der Waals surface area (Å²) in [5.41, 5.74) is 1.16. The molecule has 1 aliphatic heterocycles. The minimum Gasteiger partial charge on any atom is -0.455 e. The van der Waals surface area contributed by atoms with Gasteiger partial charge in [0, 0.05) is 19.4 Å². The molecule has 5 heteroatoms. The molecule has 0 saturated heterocycles. The van der Waals surface area contributed by atoms with Gasteiger partial charge in [-0.25, -0.2) is 0 Å². The van der Waals surface area contributed by atoms with Gasteiger partial charge in [0.15, 0.2) is 0 Å². The number of methoxy groups -OCH3 is 1. The standard InChI is InChI=1S/C24H38O5/c1-7-22-23(28-16-27-6)15-18(3)14-17(2)10-8-9-11-19(4)21(25)13-12-20(5)24(26)29-22/h7-8,10,14,18-20,22-23H,1,9,11-13,15-16H2,2-6H3/b10-8+,17-14+/t18-,19-,20-,22-,23-/m0/s1. The van der Waals surface area contributed by atoms with Crippen LogP contribution >= 0.6 is 0 Å². The molecule has 0 aliphatic carbocycles. The summed E-state index contributed by atoms with van der Waals surface area (Å²) in [5, 5.41) is 0. The van der Waals surface area contributed by atoms with Crippen molar-refractivity contribution in [2.24, 2.45) is 17.8 Å². The molecule has 1 heterocycles. The van der Waals surface area contributed by atoms with Gasteiger partial charge in [-0.15, -0.1) is 0 Å². The fourth-order valence-corrected chi connectivity index (χ4v) is 3.42. The lowest BCUT2D eigenvalue weighted by molar-refractivity contribution is -0.165. The summed E-state index contributed by atoms with van der Waals surface area (Å²) < 4.78 is 16.6. The van der Waals surface area contributed by atoms with Crippen molar-refractivity contribution in [3.8, 4) is 0 Å². The van der Waals surface area contributed by atoms with Crippen LogP contribution in [0.25, 0.3) is 0 Å². The van der Waals surface area contributed by atoms with Crippen molar-refractivity contribution in [1.29, 1.82) is 0 Å². The van der Waals surface area contributed by atoms with E-state index in [4.69, 9.17) is 14.2 Å². The van der Waals surface area contributed by atoms with E-state index in [1.54, 1.807) is 20.1 Å². The monoisotopic (exact) mass is 406 g/mol. The molecular weight excluding hydrogens is 368 g/mol. The molecule has 0 radical (unpaired) electrons. The highest BCUT2D eigenvalue weighted by molar-refractivity contribution is 5.81. The molecule has 0 saturated carbocycles. The maximum atomic E-state index is 12.6. The Morgan fingerprint density at radius 1 is 1.21 bits per heavy atom. The third kappa shape index (κ3) is 9.55. The number of Topliss-reactive ketones (excluding diaryl/α,β-unsaturated/α-hetero) is 1. The van der Waals surface area contributed by atoms with E-state index in [-0.39, 0.29) is 42.4 Å². The van der Waals surface area contributed by atoms with Crippen molar-refractivity contribution in [1.82, 2.24) is 0 Å². The van der Waals surface area contributed by atoms with E-state index in [0.717, 1.165) is 18.4 Å². The van der Waals surface area contributed by atoms with E-state index in [1.807, 2.05) is 6.92 Å². The highest BCUT2D eigenvalue weighted by atomic mass is 16.7. The van der Waals surface area contributed by atoms with E-state index in [2.05, 4.69) is 38.7 Å². The molecule has 0 spiro atoms. The van der Waals surface area contributed by atoms with Gasteiger partial charge in [-0.2, -0.15) is 0 Å². The summed E-state index contributed by atoms with van der Waals surface area (Å²) in [6.07, 6.45) is 10.3. The van der Waals surface area contributed by atoms with E-state index in [1.165, 1.54) is 0 Å². The zero-order valence-corrected chi connectivity index (χ0v) is 18.7. The second-order valence-electron chi connectivity index (χ2n) is 8.16. The predicted molar refractivity (Wildman–Crippen MR) is 115 cm³/mol. The molecule has 5 nitrogen and oxygen atoms in total. The van der Waals surface area contributed by atoms with Crippen molar-refractivity contribution >= 4 is 11.8 Å². The Kier molecular flexibility index (Phi) is 11.8. The molecule has 0 N–H and O–H groups in total. The predicted octanol–water partition coefficient (Wildman–Crippen LogP) is 5.02. The van der Waals surface area contributed by atoms with Crippen LogP contribution in [0.5, 0.6) is 0 Å². The average molecular weight is 407 g/mol. The first kappa shape index (κ1) is 25.3. The van der Waals surface area contributed by atoms with Crippen molar-refractivity contribution < 1.29 is 23.8 Å². The third-order valence-electron chi connectivity index (χ3n) is 5.33. The van der Waals surface area contributed by atoms with Gasteiger partial charge in [0.1, 0.15) is 24.8 Å². The van der Waals surface area contributed by atoms with Gasteiger partial charge >= 0.3 is 5.97 Å². The Hall–Kier alpha value is -1.72. The summed E-state index contributed by atoms with van der Waals surface area (Å²) in [7, 11) is 1.56. The molecule has 29 heavy (non-hydrogen) atoms. The van der Waals surface area contributed by atoms with Gasteiger partial charge in [0.2, 0.25) is 0 Å². The van der Waals surface area contributed by atoms with Gasteiger partial charge < -0.3 is 14.2 Å². The number of rotatable bonds is 4. The summed E-state index contributed by atoms with van der Waals surface area (Å²) >= 11 is 0. The van der Waals surface area contributed by atoms with Crippen LogP contribution in [0.1, 0.15) is 59.8 Å². The topological polar surface area (TPSA) is 61.8 Å². The number of ether oxygens (including phenoxy) is 3. The Morgan fingerprint density at radius 3 is 2.59 bits per heavy atom. The number of carbonyl (C=O) groups excluding carboxylic acids is 2. The molecule has 0 aromatic rings. The second kappa shape index (κ2) is 13.5. The molecule has 164 valence electrons. The minimum absolute atomic E-state index is 0.00508. The van der Waals surface area contributed by atoms with Gasteiger partial charge in [-0.3, -0.25) is 9.59 Å². The Morgan fingerprint density at radius 2 is 1.93 bits per heavy atom. The van der Waals surface area contributed by atoms with Crippen LogP contribution in [0.3, 0.4) is 0 Å². The fraction of sp³-hybridized carbons (Fsp3) is 0.667. The lowest BCUT2D eigenvalue weighted by Gasteiger charge is -2.27. The van der Waals surface area contributed by atoms with Crippen LogP contribution in [0, 0.1) is 17.8 Å². The molecule has 0 fully saturated rings. The molecule has 1 rings (SSSR count). The lowest BCUT2D eigenvalue weighted by Crippen LogP contribution is -2.35. The minimum atomic E-state index is -0.572. The van der Waals surface area contributed by atoms with Crippen LogP contribution in [0.4, 0.5) is 0 Å². The fourth-order valence-electron chi connectivity index (χ4n) is 3.42. The smallest absolute Gasteiger partial charge is 0.309 e. The van der Waals surface area contributed by atoms with Crippen LogP contribution in [0.15, 0.2) is 36.5 Å². The number of allylic oxidation sites excluding steroid dienone is 4. The number of hydrogen-bond acceptors (Lipinski definition) is 5. The molecule has 5 atom stereocenters. The van der Waals surface area contributed by atoms with Crippen molar-refractivity contribution in [3.63, 3.8) is 0 Å². The number of carbonyl (C=O) groups is 2. The molecule has 0 aromatic heterocycles. The van der Waals surface area contributed by atoms with Crippen molar-refractivity contribution in [2.75, 3.05) is 13.9 Å². The Bertz CT molecular complexity index is 592. The molecular formula is C24H38O5. The number of ketones is 1. The van der Waals surface area contributed by atoms with Gasteiger partial charge in [-0.1, -0.05) is 51.2 Å². The second-order valence-corrected chi connectivity index (χ2v) is 8.16. The Labute approximate surface area is 176 Å². The number of esters is 1. The average Bonchev–Trinajstić information content (AvgIpc) is 2.69. The largest absolute Gasteiger partial charge is 0.455 e. The maximum Gasteiger partial charge on any atom is 0.309 e. The summed E-state index contributed by atoms with van der Waals surface area (Å²) in [6.45, 7) is 11.9. The normalized spacial score (nSPS) is 33.8. The maximum absolute atomic E-state index is 12.6. The van der Waals surface area contributed by atoms with Crippen LogP contribution < -0.4 is 0 Å². The van der Waals surface area contributed by atoms with Crippen LogP contribution in [-0.4, -0.2) is 37.9 Å². The molecule has 1 aliphatic rings. The highest BCUT2D eigenvalue weighted by Gasteiger charge is 2.27. The van der Waals surface area contributed by atoms with Gasteiger partial charge in [0.25, 0.3) is 0 Å². The number of cyclic esters (lactones) is 1. The first-order valence-electron chi connectivity index (χ1n) is 10.6. The van der Waals surface area contributed by atoms with Crippen molar-refractivity contribution in [3.05, 3.63) is 36.5 Å². The molecule has 0 bridgehead atoms. The first-order chi connectivity index (χ1) is 13.8. The van der Waals surface area contributed by atoms with E-state index in [0.29, 0.717) is 19.3 Å². The SMILES string of the molecule is C=C[C@@H]1OC(=O)[C@@H](C)CCC(=O)[C@@H](C)CC/C=C/C(C)=C/[C@H](C)C[C@@H]1OCOC. The highest BCUT2D eigenvalue weighted by Crippen LogP contribution is 2.22. The summed E-state index contributed by atoms with van der Waals surface area (Å²) in [5.74, 6) is -0.269. The zero-order chi connectivity index (χ0) is 21.8.